The Morgan fingerprint density at radius 3 is 2.78 bits per heavy atom. The molecule has 0 unspecified atom stereocenters. The number of nitrogen functional groups attached to an aromatic ring is 1. The molecule has 0 radical (unpaired) electrons. The van der Waals surface area contributed by atoms with Crippen molar-refractivity contribution in [3.05, 3.63) is 48.0 Å². The molecule has 2 aromatic carbocycles. The van der Waals surface area contributed by atoms with Crippen molar-refractivity contribution >= 4 is 39.0 Å². The molecule has 2 N–H and O–H groups in total. The minimum absolute atomic E-state index is 0.807. The second kappa shape index (κ2) is 4.63. The number of rotatable bonds is 2. The van der Waals surface area contributed by atoms with Gasteiger partial charge in [-0.1, -0.05) is 23.9 Å². The fourth-order valence-electron chi connectivity index (χ4n) is 1.78. The van der Waals surface area contributed by atoms with Gasteiger partial charge in [0.15, 0.2) is 4.34 Å². The molecule has 0 spiro atoms. The second-order valence-electron chi connectivity index (χ2n) is 4.07. The van der Waals surface area contributed by atoms with E-state index < -0.39 is 0 Å². The van der Waals surface area contributed by atoms with Crippen LogP contribution in [0.1, 0.15) is 5.56 Å². The monoisotopic (exact) mass is 272 g/mol. The van der Waals surface area contributed by atoms with Crippen LogP contribution in [0.3, 0.4) is 0 Å². The predicted molar refractivity (Wildman–Crippen MR) is 79.3 cm³/mol. The molecule has 0 atom stereocenters. The quantitative estimate of drug-likeness (QED) is 0.705. The van der Waals surface area contributed by atoms with Gasteiger partial charge in [-0.3, -0.25) is 0 Å². The van der Waals surface area contributed by atoms with Crippen LogP contribution in [-0.4, -0.2) is 4.98 Å². The summed E-state index contributed by atoms with van der Waals surface area (Å²) in [6.07, 6.45) is 0. The number of hydrogen-bond acceptors (Lipinski definition) is 4. The fraction of sp³-hybridized carbons (Fsp3) is 0.0714. The first-order valence-corrected chi connectivity index (χ1v) is 7.25. The Balaban J connectivity index is 1.96. The fourth-order valence-corrected chi connectivity index (χ4v) is 3.87. The molecule has 4 heteroatoms. The first-order valence-electron chi connectivity index (χ1n) is 5.62. The number of nitrogens with zero attached hydrogens (tertiary/aromatic N) is 1. The molecule has 0 aliphatic heterocycles. The molecule has 90 valence electrons. The molecule has 3 rings (SSSR count). The van der Waals surface area contributed by atoms with E-state index in [1.165, 1.54) is 15.2 Å². The van der Waals surface area contributed by atoms with Crippen LogP contribution in [0.25, 0.3) is 10.2 Å². The average Bonchev–Trinajstić information content (AvgIpc) is 2.75. The maximum absolute atomic E-state index is 5.76. The highest BCUT2D eigenvalue weighted by molar-refractivity contribution is 8.01. The van der Waals surface area contributed by atoms with Gasteiger partial charge in [-0.25, -0.2) is 4.98 Å². The van der Waals surface area contributed by atoms with Crippen LogP contribution in [-0.2, 0) is 0 Å². The summed E-state index contributed by atoms with van der Waals surface area (Å²) in [4.78, 5) is 5.83. The van der Waals surface area contributed by atoms with Crippen molar-refractivity contribution in [1.82, 2.24) is 4.98 Å². The molecule has 2 nitrogen and oxygen atoms in total. The van der Waals surface area contributed by atoms with Crippen LogP contribution >= 0.6 is 23.1 Å². The Hall–Kier alpha value is -1.52. The van der Waals surface area contributed by atoms with Crippen LogP contribution in [0.2, 0.25) is 0 Å². The van der Waals surface area contributed by atoms with E-state index in [1.54, 1.807) is 23.1 Å². The van der Waals surface area contributed by atoms with Crippen molar-refractivity contribution in [2.24, 2.45) is 0 Å². The minimum atomic E-state index is 0.807. The highest BCUT2D eigenvalue weighted by Gasteiger charge is 2.07. The predicted octanol–water partition coefficient (Wildman–Crippen LogP) is 4.34. The SMILES string of the molecule is Cc1cc(N)ccc1Sc1nc2ccccc2s1. The third-order valence-corrected chi connectivity index (χ3v) is 4.95. The van der Waals surface area contributed by atoms with Crippen molar-refractivity contribution in [3.8, 4) is 0 Å². The second-order valence-corrected chi connectivity index (χ2v) is 6.39. The summed E-state index contributed by atoms with van der Waals surface area (Å²) in [5.74, 6) is 0. The lowest BCUT2D eigenvalue weighted by atomic mass is 10.2. The summed E-state index contributed by atoms with van der Waals surface area (Å²) in [5, 5.41) is 0. The van der Waals surface area contributed by atoms with Gasteiger partial charge in [-0.15, -0.1) is 11.3 Å². The van der Waals surface area contributed by atoms with Gasteiger partial charge in [-0.05, 0) is 42.8 Å². The third-order valence-electron chi connectivity index (χ3n) is 2.67. The number of para-hydroxylation sites is 1. The number of nitrogens with two attached hydrogens (primary N) is 1. The lowest BCUT2D eigenvalue weighted by Gasteiger charge is -2.03. The van der Waals surface area contributed by atoms with Crippen LogP contribution in [0.15, 0.2) is 51.7 Å². The van der Waals surface area contributed by atoms with Gasteiger partial charge in [0.1, 0.15) is 0 Å². The van der Waals surface area contributed by atoms with Gasteiger partial charge >= 0.3 is 0 Å². The van der Waals surface area contributed by atoms with Crippen LogP contribution in [0.5, 0.6) is 0 Å². The van der Waals surface area contributed by atoms with Crippen LogP contribution in [0, 0.1) is 6.92 Å². The number of anilines is 1. The molecule has 0 bridgehead atoms. The first kappa shape index (κ1) is 11.6. The number of hydrogen-bond donors (Lipinski definition) is 1. The maximum atomic E-state index is 5.76. The molecule has 1 aromatic heterocycles. The molecule has 0 amide bonds. The molecule has 0 saturated carbocycles. The van der Waals surface area contributed by atoms with E-state index in [9.17, 15) is 0 Å². The number of thiazole rings is 1. The molecular formula is C14H12N2S2. The van der Waals surface area contributed by atoms with E-state index in [0.29, 0.717) is 0 Å². The Kier molecular flexibility index (Phi) is 2.97. The smallest absolute Gasteiger partial charge is 0.155 e. The van der Waals surface area contributed by atoms with Crippen molar-refractivity contribution in [1.29, 1.82) is 0 Å². The van der Waals surface area contributed by atoms with Gasteiger partial charge in [0.2, 0.25) is 0 Å². The summed E-state index contributed by atoms with van der Waals surface area (Å²) in [6, 6.07) is 14.2. The molecule has 1 heterocycles. The van der Waals surface area contributed by atoms with Crippen molar-refractivity contribution in [2.75, 3.05) is 5.73 Å². The molecule has 0 aliphatic rings. The summed E-state index contributed by atoms with van der Waals surface area (Å²) in [6.45, 7) is 2.08. The summed E-state index contributed by atoms with van der Waals surface area (Å²) in [7, 11) is 0. The number of aromatic nitrogens is 1. The van der Waals surface area contributed by atoms with E-state index >= 15 is 0 Å². The van der Waals surface area contributed by atoms with Crippen LogP contribution < -0.4 is 5.73 Å². The van der Waals surface area contributed by atoms with Crippen molar-refractivity contribution in [2.45, 2.75) is 16.2 Å². The van der Waals surface area contributed by atoms with E-state index in [2.05, 4.69) is 24.0 Å². The number of aryl methyl sites for hydroxylation is 1. The minimum Gasteiger partial charge on any atom is -0.399 e. The van der Waals surface area contributed by atoms with Gasteiger partial charge in [-0.2, -0.15) is 0 Å². The Bertz CT molecular complexity index is 671. The standard InChI is InChI=1S/C14H12N2S2/c1-9-8-10(15)6-7-12(9)17-14-16-11-4-2-3-5-13(11)18-14/h2-8H,15H2,1H3. The van der Waals surface area contributed by atoms with E-state index in [-0.39, 0.29) is 0 Å². The summed E-state index contributed by atoms with van der Waals surface area (Å²) in [5.41, 5.74) is 8.83. The van der Waals surface area contributed by atoms with Crippen LogP contribution in [0.4, 0.5) is 5.69 Å². The van der Waals surface area contributed by atoms with Gasteiger partial charge < -0.3 is 5.73 Å². The topological polar surface area (TPSA) is 38.9 Å². The average molecular weight is 272 g/mol. The largest absolute Gasteiger partial charge is 0.399 e. The Morgan fingerprint density at radius 2 is 2.00 bits per heavy atom. The molecular weight excluding hydrogens is 260 g/mol. The summed E-state index contributed by atoms with van der Waals surface area (Å²) < 4.78 is 2.30. The number of benzene rings is 2. The Morgan fingerprint density at radius 1 is 1.17 bits per heavy atom. The van der Waals surface area contributed by atoms with E-state index in [1.807, 2.05) is 30.3 Å². The van der Waals surface area contributed by atoms with Gasteiger partial charge in [0.05, 0.1) is 10.2 Å². The molecule has 0 saturated heterocycles. The lowest BCUT2D eigenvalue weighted by Crippen LogP contribution is -1.86. The maximum Gasteiger partial charge on any atom is 0.155 e. The molecule has 3 aromatic rings. The zero-order valence-electron chi connectivity index (χ0n) is 9.88. The highest BCUT2D eigenvalue weighted by atomic mass is 32.2. The molecule has 18 heavy (non-hydrogen) atoms. The summed E-state index contributed by atoms with van der Waals surface area (Å²) >= 11 is 3.43. The van der Waals surface area contributed by atoms with Gasteiger partial charge in [0, 0.05) is 10.6 Å². The number of fused-ring (bicyclic) bond motifs is 1. The van der Waals surface area contributed by atoms with E-state index in [4.69, 9.17) is 5.73 Å². The van der Waals surface area contributed by atoms with Crippen molar-refractivity contribution in [3.63, 3.8) is 0 Å². The first-order chi connectivity index (χ1) is 8.72. The highest BCUT2D eigenvalue weighted by Crippen LogP contribution is 2.36. The Labute approximate surface area is 114 Å². The van der Waals surface area contributed by atoms with Crippen molar-refractivity contribution < 1.29 is 0 Å². The zero-order valence-corrected chi connectivity index (χ0v) is 11.5. The molecule has 0 fully saturated rings. The van der Waals surface area contributed by atoms with E-state index in [0.717, 1.165) is 15.5 Å². The zero-order chi connectivity index (χ0) is 12.5. The third kappa shape index (κ3) is 2.21. The van der Waals surface area contributed by atoms with Gasteiger partial charge in [0.25, 0.3) is 0 Å². The normalized spacial score (nSPS) is 10.9. The molecule has 0 aliphatic carbocycles. The lowest BCUT2D eigenvalue weighted by molar-refractivity contribution is 1.26.